The van der Waals surface area contributed by atoms with Gasteiger partial charge in [0.1, 0.15) is 5.54 Å². The molecule has 1 aliphatic carbocycles. The molecule has 0 aliphatic heterocycles. The molecule has 0 bridgehead atoms. The fourth-order valence-electron chi connectivity index (χ4n) is 3.54. The van der Waals surface area contributed by atoms with E-state index in [1.807, 2.05) is 25.5 Å². The molecule has 2 rings (SSSR count). The third-order valence-electron chi connectivity index (χ3n) is 4.68. The summed E-state index contributed by atoms with van der Waals surface area (Å²) in [6, 6.07) is 0. The Labute approximate surface area is 130 Å². The van der Waals surface area contributed by atoms with Gasteiger partial charge in [-0.05, 0) is 45.6 Å². The van der Waals surface area contributed by atoms with Crippen LogP contribution in [0.15, 0.2) is 0 Å². The zero-order chi connectivity index (χ0) is 15.6. The molecular weight excluding hydrogens is 290 g/mol. The quantitative estimate of drug-likeness (QED) is 0.847. The van der Waals surface area contributed by atoms with Crippen LogP contribution in [0.25, 0.3) is 0 Å². The van der Waals surface area contributed by atoms with Crippen molar-refractivity contribution in [2.75, 3.05) is 6.54 Å². The van der Waals surface area contributed by atoms with Gasteiger partial charge in [-0.1, -0.05) is 24.9 Å². The van der Waals surface area contributed by atoms with Gasteiger partial charge in [-0.3, -0.25) is 9.48 Å². The summed E-state index contributed by atoms with van der Waals surface area (Å²) in [5.74, 6) is -0.587. The lowest BCUT2D eigenvalue weighted by atomic mass is 9.84. The number of carboxylic acids is 1. The average molecular weight is 314 g/mol. The Morgan fingerprint density at radius 2 is 2.29 bits per heavy atom. The van der Waals surface area contributed by atoms with Crippen molar-refractivity contribution in [3.8, 4) is 0 Å². The Kier molecular flexibility index (Phi) is 4.94. The molecule has 1 saturated carbocycles. The van der Waals surface area contributed by atoms with Crippen molar-refractivity contribution in [2.45, 2.75) is 58.5 Å². The summed E-state index contributed by atoms with van der Waals surface area (Å²) in [7, 11) is 0. The predicted molar refractivity (Wildman–Crippen MR) is 82.7 cm³/mol. The Hall–Kier alpha value is -1.07. The van der Waals surface area contributed by atoms with Crippen molar-refractivity contribution in [3.63, 3.8) is 0 Å². The molecule has 0 spiro atoms. The second-order valence-electron chi connectivity index (χ2n) is 5.89. The predicted octanol–water partition coefficient (Wildman–Crippen LogP) is 2.78. The number of hydrogen-bond acceptors (Lipinski definition) is 3. The highest BCUT2D eigenvalue weighted by molar-refractivity contribution is 6.31. The number of likely N-dealkylation sites (N-methyl/N-ethyl adjacent to an activating group) is 1. The first kappa shape index (κ1) is 16.3. The first-order valence-corrected chi connectivity index (χ1v) is 7.98. The summed E-state index contributed by atoms with van der Waals surface area (Å²) in [5, 5.41) is 18.0. The van der Waals surface area contributed by atoms with Crippen molar-refractivity contribution < 1.29 is 9.90 Å². The van der Waals surface area contributed by atoms with Crippen LogP contribution >= 0.6 is 11.6 Å². The van der Waals surface area contributed by atoms with E-state index in [1.54, 1.807) is 0 Å². The molecule has 1 aromatic heterocycles. The fraction of sp³-hybridized carbons (Fsp3) is 0.733. The third kappa shape index (κ3) is 2.94. The van der Waals surface area contributed by atoms with Crippen LogP contribution in [-0.2, 0) is 11.3 Å². The minimum absolute atomic E-state index is 0.137. The van der Waals surface area contributed by atoms with E-state index in [4.69, 9.17) is 11.6 Å². The second kappa shape index (κ2) is 6.36. The lowest BCUT2D eigenvalue weighted by Crippen LogP contribution is -2.54. The van der Waals surface area contributed by atoms with Crippen molar-refractivity contribution in [1.82, 2.24) is 15.1 Å². The zero-order valence-electron chi connectivity index (χ0n) is 12.9. The van der Waals surface area contributed by atoms with Crippen LogP contribution in [0.4, 0.5) is 0 Å². The number of hydrogen-bond donors (Lipinski definition) is 2. The van der Waals surface area contributed by atoms with Crippen LogP contribution in [0, 0.1) is 19.8 Å². The van der Waals surface area contributed by atoms with E-state index in [1.165, 1.54) is 0 Å². The number of rotatable bonds is 6. The van der Waals surface area contributed by atoms with Gasteiger partial charge in [0.2, 0.25) is 0 Å². The van der Waals surface area contributed by atoms with Gasteiger partial charge in [0.25, 0.3) is 0 Å². The van der Waals surface area contributed by atoms with E-state index < -0.39 is 11.5 Å². The first-order valence-electron chi connectivity index (χ1n) is 7.60. The van der Waals surface area contributed by atoms with Crippen molar-refractivity contribution in [3.05, 3.63) is 16.4 Å². The van der Waals surface area contributed by atoms with E-state index in [0.29, 0.717) is 24.5 Å². The zero-order valence-corrected chi connectivity index (χ0v) is 13.7. The third-order valence-corrected chi connectivity index (χ3v) is 5.22. The first-order chi connectivity index (χ1) is 9.92. The lowest BCUT2D eigenvalue weighted by Gasteiger charge is -2.32. The van der Waals surface area contributed by atoms with Crippen molar-refractivity contribution in [2.24, 2.45) is 5.92 Å². The van der Waals surface area contributed by atoms with E-state index >= 15 is 0 Å². The number of carbonyl (C=O) groups is 1. The highest BCUT2D eigenvalue weighted by Crippen LogP contribution is 2.38. The molecule has 2 N–H and O–H groups in total. The van der Waals surface area contributed by atoms with Crippen LogP contribution in [0.1, 0.15) is 44.0 Å². The minimum Gasteiger partial charge on any atom is -0.480 e. The van der Waals surface area contributed by atoms with Gasteiger partial charge in [0, 0.05) is 6.54 Å². The standard InChI is InChI=1S/C15H24ClN3O2/c1-4-17-15(14(20)21)8-5-6-12(15)7-9-19-11(3)13(16)10(2)18-19/h12,17H,4-9H2,1-3H3,(H,20,21). The fourth-order valence-corrected chi connectivity index (χ4v) is 3.68. The number of nitrogens with one attached hydrogen (secondary N) is 1. The molecule has 0 aromatic carbocycles. The van der Waals surface area contributed by atoms with Gasteiger partial charge in [-0.15, -0.1) is 0 Å². The smallest absolute Gasteiger partial charge is 0.324 e. The van der Waals surface area contributed by atoms with Gasteiger partial charge in [0.15, 0.2) is 0 Å². The summed E-state index contributed by atoms with van der Waals surface area (Å²) in [6.45, 7) is 7.19. The van der Waals surface area contributed by atoms with Crippen LogP contribution in [0.2, 0.25) is 5.02 Å². The molecule has 0 saturated heterocycles. The number of nitrogens with zero attached hydrogens (tertiary/aromatic N) is 2. The molecule has 2 atom stereocenters. The van der Waals surface area contributed by atoms with Gasteiger partial charge in [-0.2, -0.15) is 5.10 Å². The number of aliphatic carboxylic acids is 1. The lowest BCUT2D eigenvalue weighted by molar-refractivity contribution is -0.146. The van der Waals surface area contributed by atoms with Crippen molar-refractivity contribution >= 4 is 17.6 Å². The summed E-state index contributed by atoms with van der Waals surface area (Å²) in [4.78, 5) is 11.8. The summed E-state index contributed by atoms with van der Waals surface area (Å²) in [5.41, 5.74) is 1.02. The molecule has 0 radical (unpaired) electrons. The molecular formula is C15H24ClN3O2. The molecule has 5 nitrogen and oxygen atoms in total. The summed E-state index contributed by atoms with van der Waals surface area (Å²) >= 11 is 6.16. The van der Waals surface area contributed by atoms with Gasteiger partial charge < -0.3 is 10.4 Å². The average Bonchev–Trinajstić information content (AvgIpc) is 2.95. The Balaban J connectivity index is 2.11. The maximum absolute atomic E-state index is 11.8. The highest BCUT2D eigenvalue weighted by Gasteiger charge is 2.48. The maximum atomic E-state index is 11.8. The molecule has 21 heavy (non-hydrogen) atoms. The van der Waals surface area contributed by atoms with Crippen LogP contribution in [-0.4, -0.2) is 32.9 Å². The van der Waals surface area contributed by atoms with E-state index in [2.05, 4.69) is 10.4 Å². The normalized spacial score (nSPS) is 25.4. The number of halogens is 1. The minimum atomic E-state index is -0.769. The van der Waals surface area contributed by atoms with Crippen LogP contribution in [0.5, 0.6) is 0 Å². The monoisotopic (exact) mass is 313 g/mol. The largest absolute Gasteiger partial charge is 0.480 e. The van der Waals surface area contributed by atoms with Gasteiger partial charge in [-0.25, -0.2) is 0 Å². The van der Waals surface area contributed by atoms with E-state index in [9.17, 15) is 9.90 Å². The highest BCUT2D eigenvalue weighted by atomic mass is 35.5. The molecule has 6 heteroatoms. The van der Waals surface area contributed by atoms with E-state index in [0.717, 1.165) is 30.7 Å². The summed E-state index contributed by atoms with van der Waals surface area (Å²) in [6.07, 6.45) is 3.42. The van der Waals surface area contributed by atoms with E-state index in [-0.39, 0.29) is 5.92 Å². The second-order valence-corrected chi connectivity index (χ2v) is 6.27. The maximum Gasteiger partial charge on any atom is 0.324 e. The topological polar surface area (TPSA) is 67.2 Å². The summed E-state index contributed by atoms with van der Waals surface area (Å²) < 4.78 is 1.90. The number of aromatic nitrogens is 2. The Morgan fingerprint density at radius 1 is 1.57 bits per heavy atom. The molecule has 1 aromatic rings. The SMILES string of the molecule is CCNC1(C(=O)O)CCCC1CCn1nc(C)c(Cl)c1C. The molecule has 118 valence electrons. The van der Waals surface area contributed by atoms with Crippen LogP contribution in [0.3, 0.4) is 0 Å². The van der Waals surface area contributed by atoms with Gasteiger partial charge >= 0.3 is 5.97 Å². The Bertz CT molecular complexity index is 529. The van der Waals surface area contributed by atoms with Gasteiger partial charge in [0.05, 0.1) is 16.4 Å². The molecule has 2 unspecified atom stereocenters. The number of carboxylic acid groups (broad SMARTS) is 1. The Morgan fingerprint density at radius 3 is 2.81 bits per heavy atom. The van der Waals surface area contributed by atoms with Crippen molar-refractivity contribution in [1.29, 1.82) is 0 Å². The molecule has 0 amide bonds. The molecule has 1 aliphatic rings. The number of aryl methyl sites for hydroxylation is 2. The van der Waals surface area contributed by atoms with Crippen LogP contribution < -0.4 is 5.32 Å². The molecule has 1 heterocycles. The molecule has 1 fully saturated rings.